The Morgan fingerprint density at radius 1 is 1.42 bits per heavy atom. The highest BCUT2D eigenvalue weighted by Gasteiger charge is 2.15. The molecule has 5 nitrogen and oxygen atoms in total. The molecule has 7 heteroatoms. The smallest absolute Gasteiger partial charge is 0.240 e. The van der Waals surface area contributed by atoms with E-state index in [0.717, 1.165) is 4.88 Å². The summed E-state index contributed by atoms with van der Waals surface area (Å²) in [6.07, 6.45) is 1.61. The highest BCUT2D eigenvalue weighted by molar-refractivity contribution is 7.89. The summed E-state index contributed by atoms with van der Waals surface area (Å²) >= 11 is 1.37. The Morgan fingerprint density at radius 2 is 2.21 bits per heavy atom. The van der Waals surface area contributed by atoms with Gasteiger partial charge in [0.25, 0.3) is 0 Å². The molecule has 19 heavy (non-hydrogen) atoms. The molecule has 0 fully saturated rings. The summed E-state index contributed by atoms with van der Waals surface area (Å²) in [5.74, 6) is -0.167. The minimum absolute atomic E-state index is 0.0877. The number of benzene rings is 1. The zero-order chi connectivity index (χ0) is 13.9. The van der Waals surface area contributed by atoms with E-state index in [0.29, 0.717) is 5.56 Å². The van der Waals surface area contributed by atoms with Crippen LogP contribution >= 0.6 is 11.3 Å². The van der Waals surface area contributed by atoms with Gasteiger partial charge in [-0.3, -0.25) is 9.78 Å². The number of hydrogen-bond acceptors (Lipinski definition) is 5. The molecule has 0 bridgehead atoms. The average Bonchev–Trinajstić information content (AvgIpc) is 2.90. The van der Waals surface area contributed by atoms with Crippen molar-refractivity contribution in [3.8, 4) is 0 Å². The van der Waals surface area contributed by atoms with Crippen molar-refractivity contribution in [3.63, 3.8) is 0 Å². The minimum Gasteiger partial charge on any atom is -0.295 e. The first kappa shape index (κ1) is 13.9. The van der Waals surface area contributed by atoms with Crippen molar-refractivity contribution in [2.24, 2.45) is 0 Å². The average molecular weight is 296 g/mol. The zero-order valence-corrected chi connectivity index (χ0v) is 11.8. The molecule has 0 aliphatic carbocycles. The fourth-order valence-corrected chi connectivity index (χ4v) is 3.14. The fourth-order valence-electron chi connectivity index (χ4n) is 1.46. The number of carbonyl (C=O) groups is 1. The summed E-state index contributed by atoms with van der Waals surface area (Å²) in [6.45, 7) is 1.59. The number of nitrogens with one attached hydrogen (secondary N) is 1. The van der Waals surface area contributed by atoms with Crippen LogP contribution in [0.4, 0.5) is 0 Å². The first-order valence-electron chi connectivity index (χ1n) is 5.47. The van der Waals surface area contributed by atoms with Crippen molar-refractivity contribution in [2.45, 2.75) is 18.4 Å². The third-order valence-corrected chi connectivity index (χ3v) is 4.65. The van der Waals surface area contributed by atoms with Crippen LogP contribution in [0.25, 0.3) is 0 Å². The van der Waals surface area contributed by atoms with Gasteiger partial charge in [0.2, 0.25) is 10.0 Å². The largest absolute Gasteiger partial charge is 0.295 e. The van der Waals surface area contributed by atoms with Crippen LogP contribution in [0.3, 0.4) is 0 Å². The second kappa shape index (κ2) is 5.60. The third-order valence-electron chi connectivity index (χ3n) is 2.47. The SMILES string of the molecule is CC(=O)c1cccc(S(=O)(=O)NCc2cncs2)c1. The molecule has 0 saturated heterocycles. The third kappa shape index (κ3) is 3.46. The van der Waals surface area contributed by atoms with Crippen molar-refractivity contribution < 1.29 is 13.2 Å². The molecular weight excluding hydrogens is 284 g/mol. The number of rotatable bonds is 5. The monoisotopic (exact) mass is 296 g/mol. The fraction of sp³-hybridized carbons (Fsp3) is 0.167. The molecule has 0 atom stereocenters. The maximum absolute atomic E-state index is 12.1. The number of ketones is 1. The van der Waals surface area contributed by atoms with E-state index < -0.39 is 10.0 Å². The predicted octanol–water partition coefficient (Wildman–Crippen LogP) is 1.82. The van der Waals surface area contributed by atoms with Crippen LogP contribution in [0.1, 0.15) is 22.2 Å². The Kier molecular flexibility index (Phi) is 4.08. The van der Waals surface area contributed by atoms with Crippen molar-refractivity contribution in [2.75, 3.05) is 0 Å². The van der Waals surface area contributed by atoms with Gasteiger partial charge in [-0.15, -0.1) is 11.3 Å². The van der Waals surface area contributed by atoms with E-state index in [-0.39, 0.29) is 17.2 Å². The normalized spacial score (nSPS) is 11.4. The summed E-state index contributed by atoms with van der Waals surface area (Å²) in [7, 11) is -3.62. The number of nitrogens with zero attached hydrogens (tertiary/aromatic N) is 1. The van der Waals surface area contributed by atoms with E-state index in [1.807, 2.05) is 0 Å². The van der Waals surface area contributed by atoms with Crippen LogP contribution in [0.15, 0.2) is 40.9 Å². The van der Waals surface area contributed by atoms with Gasteiger partial charge < -0.3 is 0 Å². The molecule has 0 saturated carbocycles. The van der Waals surface area contributed by atoms with Crippen molar-refractivity contribution in [3.05, 3.63) is 46.4 Å². The van der Waals surface area contributed by atoms with Gasteiger partial charge in [0, 0.05) is 23.2 Å². The number of sulfonamides is 1. The quantitative estimate of drug-likeness (QED) is 0.854. The van der Waals surface area contributed by atoms with Gasteiger partial charge in [0.15, 0.2) is 5.78 Å². The minimum atomic E-state index is -3.62. The molecule has 2 rings (SSSR count). The highest BCUT2D eigenvalue weighted by atomic mass is 32.2. The molecule has 100 valence electrons. The molecule has 1 aromatic carbocycles. The van der Waals surface area contributed by atoms with Gasteiger partial charge in [0.1, 0.15) is 0 Å². The summed E-state index contributed by atoms with van der Waals surface area (Å²) in [5, 5.41) is 0. The number of thiazole rings is 1. The Bertz CT molecular complexity index is 679. The lowest BCUT2D eigenvalue weighted by Crippen LogP contribution is -2.23. The van der Waals surface area contributed by atoms with Crippen LogP contribution in [0, 0.1) is 0 Å². The second-order valence-corrected chi connectivity index (χ2v) is 6.61. The van der Waals surface area contributed by atoms with E-state index in [4.69, 9.17) is 0 Å². The summed E-state index contributed by atoms with van der Waals surface area (Å²) in [4.78, 5) is 16.0. The van der Waals surface area contributed by atoms with Crippen LogP contribution in [-0.4, -0.2) is 19.2 Å². The van der Waals surface area contributed by atoms with E-state index in [9.17, 15) is 13.2 Å². The van der Waals surface area contributed by atoms with E-state index in [2.05, 4.69) is 9.71 Å². The lowest BCUT2D eigenvalue weighted by Gasteiger charge is -2.06. The Balaban J connectivity index is 2.19. The zero-order valence-electron chi connectivity index (χ0n) is 10.2. The van der Waals surface area contributed by atoms with Crippen LogP contribution in [0.5, 0.6) is 0 Å². The van der Waals surface area contributed by atoms with Crippen molar-refractivity contribution in [1.82, 2.24) is 9.71 Å². The number of carbonyl (C=O) groups excluding carboxylic acids is 1. The summed E-state index contributed by atoms with van der Waals surface area (Å²) in [6, 6.07) is 5.97. The van der Waals surface area contributed by atoms with Gasteiger partial charge in [-0.05, 0) is 19.1 Å². The molecule has 0 spiro atoms. The van der Waals surface area contributed by atoms with Crippen LogP contribution in [-0.2, 0) is 16.6 Å². The first-order chi connectivity index (χ1) is 8.99. The summed E-state index contributed by atoms with van der Waals surface area (Å²) < 4.78 is 26.6. The predicted molar refractivity (Wildman–Crippen MR) is 72.6 cm³/mol. The molecule has 0 unspecified atom stereocenters. The molecular formula is C12H12N2O3S2. The highest BCUT2D eigenvalue weighted by Crippen LogP contribution is 2.13. The van der Waals surface area contributed by atoms with E-state index in [1.54, 1.807) is 23.8 Å². The second-order valence-electron chi connectivity index (χ2n) is 3.88. The molecule has 1 aromatic heterocycles. The number of aromatic nitrogens is 1. The lowest BCUT2D eigenvalue weighted by atomic mass is 10.2. The van der Waals surface area contributed by atoms with Crippen LogP contribution < -0.4 is 4.72 Å². The molecule has 0 amide bonds. The molecule has 1 N–H and O–H groups in total. The van der Waals surface area contributed by atoms with Crippen molar-refractivity contribution >= 4 is 27.1 Å². The van der Waals surface area contributed by atoms with Gasteiger partial charge >= 0.3 is 0 Å². The number of Topliss-reactive ketones (excluding diaryl/α,β-unsaturated/α-hetero) is 1. The van der Waals surface area contributed by atoms with E-state index in [1.165, 1.54) is 30.4 Å². The molecule has 0 radical (unpaired) electrons. The topological polar surface area (TPSA) is 76.1 Å². The Labute approximate surface area is 115 Å². The number of hydrogen-bond donors (Lipinski definition) is 1. The summed E-state index contributed by atoms with van der Waals surface area (Å²) in [5.41, 5.74) is 2.01. The van der Waals surface area contributed by atoms with Crippen molar-refractivity contribution in [1.29, 1.82) is 0 Å². The van der Waals surface area contributed by atoms with Gasteiger partial charge in [-0.2, -0.15) is 0 Å². The standard InChI is InChI=1S/C12H12N2O3S2/c1-9(15)10-3-2-4-12(5-10)19(16,17)14-7-11-6-13-8-18-11/h2-6,8,14H,7H2,1H3. The Morgan fingerprint density at radius 3 is 2.84 bits per heavy atom. The molecule has 0 aliphatic heterocycles. The van der Waals surface area contributed by atoms with Gasteiger partial charge in [0.05, 0.1) is 10.4 Å². The maximum Gasteiger partial charge on any atom is 0.240 e. The van der Waals surface area contributed by atoms with Crippen LogP contribution in [0.2, 0.25) is 0 Å². The molecule has 1 heterocycles. The molecule has 2 aromatic rings. The van der Waals surface area contributed by atoms with Gasteiger partial charge in [-0.1, -0.05) is 12.1 Å². The van der Waals surface area contributed by atoms with E-state index >= 15 is 0 Å². The van der Waals surface area contributed by atoms with Gasteiger partial charge in [-0.25, -0.2) is 13.1 Å². The lowest BCUT2D eigenvalue weighted by molar-refractivity contribution is 0.101. The molecule has 0 aliphatic rings. The first-order valence-corrected chi connectivity index (χ1v) is 7.83. The maximum atomic E-state index is 12.1. The Hall–Kier alpha value is -1.57.